The second-order valence-corrected chi connectivity index (χ2v) is 5.25. The third kappa shape index (κ3) is 3.18. The molecule has 2 N–H and O–H groups in total. The van der Waals surface area contributed by atoms with Crippen molar-refractivity contribution in [1.82, 2.24) is 0 Å². The van der Waals surface area contributed by atoms with Gasteiger partial charge in [-0.05, 0) is 37.0 Å². The van der Waals surface area contributed by atoms with Crippen molar-refractivity contribution in [2.45, 2.75) is 19.3 Å². The Morgan fingerprint density at radius 2 is 2.32 bits per heavy atom. The van der Waals surface area contributed by atoms with E-state index in [1.807, 2.05) is 0 Å². The molecule has 2 rings (SSSR count). The van der Waals surface area contributed by atoms with Crippen molar-refractivity contribution in [3.05, 3.63) is 28.8 Å². The smallest absolute Gasteiger partial charge is 0.306 e. The van der Waals surface area contributed by atoms with E-state index >= 15 is 0 Å². The first-order valence-electron chi connectivity index (χ1n) is 6.28. The van der Waals surface area contributed by atoms with E-state index in [0.29, 0.717) is 22.8 Å². The fraction of sp³-hybridized carbons (Fsp3) is 0.429. The zero-order valence-corrected chi connectivity index (χ0v) is 11.2. The van der Waals surface area contributed by atoms with Crippen LogP contribution in [0.3, 0.4) is 0 Å². The summed E-state index contributed by atoms with van der Waals surface area (Å²) in [6.07, 6.45) is 2.61. The van der Waals surface area contributed by atoms with E-state index in [4.69, 9.17) is 22.0 Å². The lowest BCUT2D eigenvalue weighted by Gasteiger charge is -2.17. The van der Waals surface area contributed by atoms with Gasteiger partial charge in [0.1, 0.15) is 6.07 Å². The first-order valence-corrected chi connectivity index (χ1v) is 6.66. The average Bonchev–Trinajstić information content (AvgIpc) is 2.85. The number of halogens is 1. The summed E-state index contributed by atoms with van der Waals surface area (Å²) in [6, 6.07) is 7.16. The number of nitrogens with one attached hydrogen (secondary N) is 1. The lowest BCUT2D eigenvalue weighted by atomic mass is 9.96. The highest BCUT2D eigenvalue weighted by Gasteiger charge is 2.32. The van der Waals surface area contributed by atoms with Crippen LogP contribution in [0.4, 0.5) is 5.69 Å². The Bertz CT molecular complexity index is 525. The first-order chi connectivity index (χ1) is 9.11. The standard InChI is InChI=1S/C14H15ClN2O2/c15-11-4-5-13(10(6-11)7-16)17-8-9-2-1-3-12(9)14(18)19/h4-6,9,12,17H,1-3,8H2,(H,18,19). The van der Waals surface area contributed by atoms with Crippen molar-refractivity contribution in [3.8, 4) is 6.07 Å². The van der Waals surface area contributed by atoms with Crippen LogP contribution in [0.5, 0.6) is 0 Å². The van der Waals surface area contributed by atoms with Gasteiger partial charge in [-0.25, -0.2) is 0 Å². The molecule has 5 heteroatoms. The van der Waals surface area contributed by atoms with Crippen LogP contribution in [0.25, 0.3) is 0 Å². The van der Waals surface area contributed by atoms with Gasteiger partial charge in [-0.15, -0.1) is 0 Å². The van der Waals surface area contributed by atoms with Gasteiger partial charge >= 0.3 is 5.97 Å². The highest BCUT2D eigenvalue weighted by Crippen LogP contribution is 2.32. The summed E-state index contributed by atoms with van der Waals surface area (Å²) in [5.41, 5.74) is 1.19. The van der Waals surface area contributed by atoms with Crippen molar-refractivity contribution >= 4 is 23.3 Å². The third-order valence-electron chi connectivity index (χ3n) is 3.63. The van der Waals surface area contributed by atoms with E-state index in [2.05, 4.69) is 11.4 Å². The van der Waals surface area contributed by atoms with Gasteiger partial charge in [-0.3, -0.25) is 4.79 Å². The fourth-order valence-corrected chi connectivity index (χ4v) is 2.78. The molecular weight excluding hydrogens is 264 g/mol. The number of aliphatic carboxylic acids is 1. The molecule has 1 saturated carbocycles. The van der Waals surface area contributed by atoms with Gasteiger partial charge in [0, 0.05) is 11.6 Å². The van der Waals surface area contributed by atoms with Gasteiger partial charge in [0.2, 0.25) is 0 Å². The maximum absolute atomic E-state index is 11.1. The maximum atomic E-state index is 11.1. The Balaban J connectivity index is 2.03. The summed E-state index contributed by atoms with van der Waals surface area (Å²) in [5.74, 6) is -0.869. The molecule has 4 nitrogen and oxygen atoms in total. The number of nitriles is 1. The Morgan fingerprint density at radius 3 is 3.00 bits per heavy atom. The monoisotopic (exact) mass is 278 g/mol. The number of carbonyl (C=O) groups is 1. The van der Waals surface area contributed by atoms with Crippen LogP contribution in [-0.4, -0.2) is 17.6 Å². The van der Waals surface area contributed by atoms with Crippen LogP contribution >= 0.6 is 11.6 Å². The number of anilines is 1. The molecule has 1 aliphatic carbocycles. The molecule has 1 aromatic carbocycles. The summed E-state index contributed by atoms with van der Waals surface area (Å²) in [5, 5.41) is 21.8. The molecule has 0 radical (unpaired) electrons. The van der Waals surface area contributed by atoms with Crippen LogP contribution in [0.2, 0.25) is 5.02 Å². The molecule has 2 unspecified atom stereocenters. The summed E-state index contributed by atoms with van der Waals surface area (Å²) >= 11 is 5.83. The highest BCUT2D eigenvalue weighted by atomic mass is 35.5. The molecule has 0 saturated heterocycles. The van der Waals surface area contributed by atoms with Crippen molar-refractivity contribution in [3.63, 3.8) is 0 Å². The molecule has 0 bridgehead atoms. The Kier molecular flexibility index (Phi) is 4.28. The molecule has 0 heterocycles. The predicted molar refractivity (Wildman–Crippen MR) is 73.1 cm³/mol. The third-order valence-corrected chi connectivity index (χ3v) is 3.87. The Hall–Kier alpha value is -1.73. The summed E-state index contributed by atoms with van der Waals surface area (Å²) in [4.78, 5) is 11.1. The molecule has 1 aromatic rings. The minimum atomic E-state index is -0.721. The number of hydrogen-bond acceptors (Lipinski definition) is 3. The van der Waals surface area contributed by atoms with Gasteiger partial charge in [0.15, 0.2) is 0 Å². The number of carboxylic acids is 1. The Labute approximate surface area is 117 Å². The van der Waals surface area contributed by atoms with Gasteiger partial charge in [-0.2, -0.15) is 5.26 Å². The molecule has 100 valence electrons. The Morgan fingerprint density at radius 1 is 1.53 bits per heavy atom. The minimum Gasteiger partial charge on any atom is -0.481 e. The second kappa shape index (κ2) is 5.94. The van der Waals surface area contributed by atoms with E-state index in [-0.39, 0.29) is 11.8 Å². The molecule has 0 aliphatic heterocycles. The number of hydrogen-bond donors (Lipinski definition) is 2. The van der Waals surface area contributed by atoms with Crippen molar-refractivity contribution < 1.29 is 9.90 Å². The molecular formula is C14H15ClN2O2. The van der Waals surface area contributed by atoms with Gasteiger partial charge in [0.25, 0.3) is 0 Å². The van der Waals surface area contributed by atoms with Crippen LogP contribution in [0.1, 0.15) is 24.8 Å². The number of rotatable bonds is 4. The predicted octanol–water partition coefficient (Wildman–Crippen LogP) is 3.12. The molecule has 0 spiro atoms. The number of carboxylic acid groups (broad SMARTS) is 1. The SMILES string of the molecule is N#Cc1cc(Cl)ccc1NCC1CCCC1C(=O)O. The van der Waals surface area contributed by atoms with Crippen molar-refractivity contribution in [2.75, 3.05) is 11.9 Å². The average molecular weight is 279 g/mol. The normalized spacial score (nSPS) is 21.9. The lowest BCUT2D eigenvalue weighted by molar-refractivity contribution is -0.142. The first kappa shape index (κ1) is 13.7. The topological polar surface area (TPSA) is 73.1 Å². The molecule has 19 heavy (non-hydrogen) atoms. The van der Waals surface area contributed by atoms with E-state index in [9.17, 15) is 4.79 Å². The molecule has 2 atom stereocenters. The van der Waals surface area contributed by atoms with Crippen LogP contribution < -0.4 is 5.32 Å². The van der Waals surface area contributed by atoms with E-state index in [0.717, 1.165) is 19.3 Å². The summed E-state index contributed by atoms with van der Waals surface area (Å²) < 4.78 is 0. The quantitative estimate of drug-likeness (QED) is 0.887. The molecule has 1 aliphatic rings. The van der Waals surface area contributed by atoms with E-state index < -0.39 is 5.97 Å². The summed E-state index contributed by atoms with van der Waals surface area (Å²) in [6.45, 7) is 0.577. The van der Waals surface area contributed by atoms with Gasteiger partial charge in [-0.1, -0.05) is 18.0 Å². The number of benzene rings is 1. The van der Waals surface area contributed by atoms with Gasteiger partial charge < -0.3 is 10.4 Å². The van der Waals surface area contributed by atoms with Crippen molar-refractivity contribution in [2.24, 2.45) is 11.8 Å². The fourth-order valence-electron chi connectivity index (χ4n) is 2.61. The number of nitrogens with zero attached hydrogens (tertiary/aromatic N) is 1. The minimum absolute atomic E-state index is 0.125. The maximum Gasteiger partial charge on any atom is 0.306 e. The second-order valence-electron chi connectivity index (χ2n) is 4.82. The molecule has 1 fully saturated rings. The van der Waals surface area contributed by atoms with E-state index in [1.165, 1.54) is 0 Å². The molecule has 0 aromatic heterocycles. The zero-order valence-electron chi connectivity index (χ0n) is 10.4. The largest absolute Gasteiger partial charge is 0.481 e. The van der Waals surface area contributed by atoms with Crippen molar-refractivity contribution in [1.29, 1.82) is 5.26 Å². The van der Waals surface area contributed by atoms with E-state index in [1.54, 1.807) is 18.2 Å². The highest BCUT2D eigenvalue weighted by molar-refractivity contribution is 6.30. The zero-order chi connectivity index (χ0) is 13.8. The summed E-state index contributed by atoms with van der Waals surface area (Å²) in [7, 11) is 0. The van der Waals surface area contributed by atoms with Crippen LogP contribution in [0, 0.1) is 23.2 Å². The molecule has 0 amide bonds. The lowest BCUT2D eigenvalue weighted by Crippen LogP contribution is -2.24. The van der Waals surface area contributed by atoms with Crippen LogP contribution in [-0.2, 0) is 4.79 Å². The van der Waals surface area contributed by atoms with Gasteiger partial charge in [0.05, 0.1) is 17.2 Å². The van der Waals surface area contributed by atoms with Crippen LogP contribution in [0.15, 0.2) is 18.2 Å².